The molecule has 0 unspecified atom stereocenters. The van der Waals surface area contributed by atoms with Gasteiger partial charge in [0.2, 0.25) is 11.9 Å². The van der Waals surface area contributed by atoms with E-state index in [-0.39, 0.29) is 12.6 Å². The Kier molecular flexibility index (Phi) is 4.11. The van der Waals surface area contributed by atoms with Crippen LogP contribution in [0.2, 0.25) is 0 Å². The van der Waals surface area contributed by atoms with Crippen molar-refractivity contribution in [1.82, 2.24) is 14.8 Å². The highest BCUT2D eigenvalue weighted by Crippen LogP contribution is 2.39. The minimum Gasteiger partial charge on any atom is -0.496 e. The van der Waals surface area contributed by atoms with Gasteiger partial charge in [-0.25, -0.2) is 9.48 Å². The fourth-order valence-electron chi connectivity index (χ4n) is 2.82. The van der Waals surface area contributed by atoms with Gasteiger partial charge in [0.15, 0.2) is 0 Å². The molecule has 1 aromatic carbocycles. The fraction of sp³-hybridized carbons (Fsp3) is 0.312. The van der Waals surface area contributed by atoms with Crippen LogP contribution < -0.4 is 15.8 Å². The van der Waals surface area contributed by atoms with Crippen molar-refractivity contribution >= 4 is 17.9 Å². The Balaban J connectivity index is 2.21. The van der Waals surface area contributed by atoms with Gasteiger partial charge in [-0.3, -0.25) is 0 Å². The lowest BCUT2D eigenvalue weighted by atomic mass is 9.95. The number of carbonyl (C=O) groups excluding carboxylic acids is 1. The standard InChI is InChI=1S/C16H19N5O3/c1-4-24-14(22)12-9(2)18-16-19-15(17)20-21(16)13(12)10-7-5-6-8-11(10)23-3/h5-8,13H,4H2,1-3H3,(H3,17,18,19,20)/t13-/m1/s1. The molecule has 1 aliphatic rings. The highest BCUT2D eigenvalue weighted by atomic mass is 16.5. The molecule has 8 nitrogen and oxygen atoms in total. The van der Waals surface area contributed by atoms with Crippen LogP contribution in [0.1, 0.15) is 25.5 Å². The van der Waals surface area contributed by atoms with Crippen molar-refractivity contribution in [1.29, 1.82) is 0 Å². The number of rotatable bonds is 4. The van der Waals surface area contributed by atoms with Crippen LogP contribution in [0.4, 0.5) is 11.9 Å². The molecule has 24 heavy (non-hydrogen) atoms. The van der Waals surface area contributed by atoms with Crippen molar-refractivity contribution in [2.75, 3.05) is 24.8 Å². The molecule has 1 aliphatic heterocycles. The fourth-order valence-corrected chi connectivity index (χ4v) is 2.82. The van der Waals surface area contributed by atoms with Crippen molar-refractivity contribution in [3.63, 3.8) is 0 Å². The van der Waals surface area contributed by atoms with Gasteiger partial charge in [0, 0.05) is 11.3 Å². The smallest absolute Gasteiger partial charge is 0.338 e. The molecule has 8 heteroatoms. The number of allylic oxidation sites excluding steroid dienone is 1. The Labute approximate surface area is 139 Å². The average molecular weight is 329 g/mol. The number of fused-ring (bicyclic) bond motifs is 1. The number of benzene rings is 1. The lowest BCUT2D eigenvalue weighted by Gasteiger charge is -2.28. The van der Waals surface area contributed by atoms with E-state index in [1.807, 2.05) is 24.3 Å². The molecule has 1 atom stereocenters. The molecular formula is C16H19N5O3. The maximum atomic E-state index is 12.6. The van der Waals surface area contributed by atoms with E-state index in [0.29, 0.717) is 23.0 Å². The SMILES string of the molecule is CCOC(=O)C1=C(C)Nc2nc(N)nn2[C@@H]1c1ccccc1OC. The van der Waals surface area contributed by atoms with E-state index >= 15 is 0 Å². The van der Waals surface area contributed by atoms with Crippen LogP contribution in [0, 0.1) is 0 Å². The minimum absolute atomic E-state index is 0.121. The van der Waals surface area contributed by atoms with E-state index < -0.39 is 12.0 Å². The van der Waals surface area contributed by atoms with Gasteiger partial charge >= 0.3 is 5.97 Å². The number of hydrogen-bond acceptors (Lipinski definition) is 7. The number of para-hydroxylation sites is 1. The number of ether oxygens (including phenoxy) is 2. The second-order valence-corrected chi connectivity index (χ2v) is 5.27. The summed E-state index contributed by atoms with van der Waals surface area (Å²) in [4.78, 5) is 16.7. The molecule has 2 aromatic rings. The summed E-state index contributed by atoms with van der Waals surface area (Å²) in [7, 11) is 1.58. The van der Waals surface area contributed by atoms with Crippen LogP contribution >= 0.6 is 0 Å². The maximum Gasteiger partial charge on any atom is 0.338 e. The number of nitrogens with one attached hydrogen (secondary N) is 1. The van der Waals surface area contributed by atoms with Crippen molar-refractivity contribution in [2.24, 2.45) is 0 Å². The predicted octanol–water partition coefficient (Wildman–Crippen LogP) is 1.72. The number of carbonyl (C=O) groups is 1. The number of hydrogen-bond donors (Lipinski definition) is 2. The topological polar surface area (TPSA) is 104 Å². The average Bonchev–Trinajstić information content (AvgIpc) is 2.93. The summed E-state index contributed by atoms with van der Waals surface area (Å²) in [6.07, 6.45) is 0. The lowest BCUT2D eigenvalue weighted by Crippen LogP contribution is -2.30. The molecule has 3 N–H and O–H groups in total. The third-order valence-electron chi connectivity index (χ3n) is 3.80. The van der Waals surface area contributed by atoms with Crippen molar-refractivity contribution < 1.29 is 14.3 Å². The molecule has 1 aromatic heterocycles. The summed E-state index contributed by atoms with van der Waals surface area (Å²) in [5.41, 5.74) is 7.61. The van der Waals surface area contributed by atoms with Gasteiger partial charge in [0.25, 0.3) is 0 Å². The number of methoxy groups -OCH3 is 1. The van der Waals surface area contributed by atoms with Gasteiger partial charge in [0.1, 0.15) is 11.8 Å². The largest absolute Gasteiger partial charge is 0.496 e. The highest BCUT2D eigenvalue weighted by molar-refractivity contribution is 5.92. The lowest BCUT2D eigenvalue weighted by molar-refractivity contribution is -0.139. The molecule has 3 rings (SSSR count). The third-order valence-corrected chi connectivity index (χ3v) is 3.80. The van der Waals surface area contributed by atoms with E-state index in [0.717, 1.165) is 5.56 Å². The van der Waals surface area contributed by atoms with Crippen LogP contribution in [0.5, 0.6) is 5.75 Å². The van der Waals surface area contributed by atoms with E-state index in [4.69, 9.17) is 15.2 Å². The quantitative estimate of drug-likeness (QED) is 0.823. The van der Waals surface area contributed by atoms with Gasteiger partial charge < -0.3 is 20.5 Å². The van der Waals surface area contributed by atoms with E-state index in [9.17, 15) is 4.79 Å². The van der Waals surface area contributed by atoms with Gasteiger partial charge in [-0.1, -0.05) is 18.2 Å². The van der Waals surface area contributed by atoms with Gasteiger partial charge in [-0.15, -0.1) is 5.10 Å². The Morgan fingerprint density at radius 2 is 2.17 bits per heavy atom. The first-order valence-corrected chi connectivity index (χ1v) is 7.56. The number of aromatic nitrogens is 3. The first-order chi connectivity index (χ1) is 11.6. The number of nitrogens with two attached hydrogens (primary N) is 1. The van der Waals surface area contributed by atoms with Crippen LogP contribution in [0.3, 0.4) is 0 Å². The maximum absolute atomic E-state index is 12.6. The molecule has 2 heterocycles. The monoisotopic (exact) mass is 329 g/mol. The van der Waals surface area contributed by atoms with Crippen LogP contribution in [0.25, 0.3) is 0 Å². The van der Waals surface area contributed by atoms with Crippen molar-refractivity contribution in [3.05, 3.63) is 41.1 Å². The molecule has 0 saturated carbocycles. The molecule has 0 aliphatic carbocycles. The molecule has 0 saturated heterocycles. The molecular weight excluding hydrogens is 310 g/mol. The van der Waals surface area contributed by atoms with Crippen LogP contribution in [-0.4, -0.2) is 34.5 Å². The second-order valence-electron chi connectivity index (χ2n) is 5.27. The number of esters is 1. The summed E-state index contributed by atoms with van der Waals surface area (Å²) < 4.78 is 12.3. The van der Waals surface area contributed by atoms with Crippen LogP contribution in [-0.2, 0) is 9.53 Å². The molecule has 0 radical (unpaired) electrons. The number of anilines is 2. The number of nitrogen functional groups attached to an aromatic ring is 1. The van der Waals surface area contributed by atoms with Crippen molar-refractivity contribution in [3.8, 4) is 5.75 Å². The minimum atomic E-state index is -0.541. The third kappa shape index (κ3) is 2.55. The Hall–Kier alpha value is -3.03. The normalized spacial score (nSPS) is 16.4. The summed E-state index contributed by atoms with van der Waals surface area (Å²) in [5, 5.41) is 7.29. The zero-order chi connectivity index (χ0) is 17.3. The van der Waals surface area contributed by atoms with Gasteiger partial charge in [-0.05, 0) is 19.9 Å². The molecule has 0 fully saturated rings. The van der Waals surface area contributed by atoms with Crippen LogP contribution in [0.15, 0.2) is 35.5 Å². The summed E-state index contributed by atoms with van der Waals surface area (Å²) in [5.74, 6) is 0.807. The van der Waals surface area contributed by atoms with Gasteiger partial charge in [0.05, 0.1) is 19.3 Å². The molecule has 126 valence electrons. The summed E-state index contributed by atoms with van der Waals surface area (Å²) >= 11 is 0. The van der Waals surface area contributed by atoms with Gasteiger partial charge in [-0.2, -0.15) is 4.98 Å². The predicted molar refractivity (Wildman–Crippen MR) is 88.5 cm³/mol. The van der Waals surface area contributed by atoms with E-state index in [1.165, 1.54) is 0 Å². The zero-order valence-corrected chi connectivity index (χ0v) is 13.7. The molecule has 0 amide bonds. The Morgan fingerprint density at radius 1 is 1.42 bits per heavy atom. The first kappa shape index (κ1) is 15.9. The Bertz CT molecular complexity index is 812. The first-order valence-electron chi connectivity index (χ1n) is 7.56. The highest BCUT2D eigenvalue weighted by Gasteiger charge is 2.36. The molecule has 0 spiro atoms. The second kappa shape index (κ2) is 6.23. The van der Waals surface area contributed by atoms with Crippen molar-refractivity contribution in [2.45, 2.75) is 19.9 Å². The zero-order valence-electron chi connectivity index (χ0n) is 13.7. The van der Waals surface area contributed by atoms with E-state index in [2.05, 4.69) is 15.4 Å². The summed E-state index contributed by atoms with van der Waals surface area (Å²) in [6, 6.07) is 6.90. The van der Waals surface area contributed by atoms with E-state index in [1.54, 1.807) is 25.6 Å². The summed E-state index contributed by atoms with van der Waals surface area (Å²) in [6.45, 7) is 3.84. The molecule has 0 bridgehead atoms. The number of nitrogens with zero attached hydrogens (tertiary/aromatic N) is 3. The Morgan fingerprint density at radius 3 is 2.88 bits per heavy atom.